The van der Waals surface area contributed by atoms with Crippen molar-refractivity contribution in [1.29, 1.82) is 0 Å². The molecule has 0 saturated carbocycles. The number of imidazole rings is 1. The maximum absolute atomic E-state index is 9.98. The summed E-state index contributed by atoms with van der Waals surface area (Å²) in [4.78, 5) is 16.0. The van der Waals surface area contributed by atoms with Crippen molar-refractivity contribution >= 4 is 5.97 Å². The van der Waals surface area contributed by atoms with Gasteiger partial charge in [-0.15, -0.1) is 0 Å². The topological polar surface area (TPSA) is 66.0 Å². The van der Waals surface area contributed by atoms with Crippen LogP contribution in [-0.4, -0.2) is 21.0 Å². The Morgan fingerprint density at radius 2 is 2.44 bits per heavy atom. The molecular formula is C4H4CuN2O2. The molecule has 0 aliphatic rings. The third kappa shape index (κ3) is 1.87. The number of aromatic amines is 1. The number of aromatic carboxylic acids is 1. The van der Waals surface area contributed by atoms with Gasteiger partial charge in [0.1, 0.15) is 0 Å². The van der Waals surface area contributed by atoms with Crippen molar-refractivity contribution in [3.63, 3.8) is 0 Å². The number of carboxylic acid groups (broad SMARTS) is 1. The van der Waals surface area contributed by atoms with Crippen LogP contribution in [0.15, 0.2) is 12.5 Å². The molecule has 0 saturated heterocycles. The Hall–Kier alpha value is -0.801. The van der Waals surface area contributed by atoms with Crippen LogP contribution in [0.5, 0.6) is 0 Å². The minimum absolute atomic E-state index is 0. The average Bonchev–Trinajstić information content (AvgIpc) is 2.12. The van der Waals surface area contributed by atoms with Crippen LogP contribution >= 0.6 is 0 Å². The third-order valence-electron chi connectivity index (χ3n) is 0.717. The maximum Gasteiger partial charge on any atom is 0.356 e. The number of rotatable bonds is 1. The van der Waals surface area contributed by atoms with Gasteiger partial charge in [0.2, 0.25) is 0 Å². The van der Waals surface area contributed by atoms with Gasteiger partial charge in [0.15, 0.2) is 5.69 Å². The molecule has 0 fully saturated rings. The molecule has 0 aliphatic carbocycles. The molecule has 0 bridgehead atoms. The minimum atomic E-state index is -1.01. The molecule has 4 nitrogen and oxygen atoms in total. The second-order valence-electron chi connectivity index (χ2n) is 1.26. The summed E-state index contributed by atoms with van der Waals surface area (Å²) >= 11 is 0. The van der Waals surface area contributed by atoms with Gasteiger partial charge in [-0.2, -0.15) is 0 Å². The van der Waals surface area contributed by atoms with Gasteiger partial charge < -0.3 is 10.1 Å². The maximum atomic E-state index is 9.98. The summed E-state index contributed by atoms with van der Waals surface area (Å²) in [7, 11) is 0. The zero-order valence-corrected chi connectivity index (χ0v) is 5.20. The largest absolute Gasteiger partial charge is 0.476 e. The van der Waals surface area contributed by atoms with E-state index in [1.165, 1.54) is 12.5 Å². The van der Waals surface area contributed by atoms with Crippen molar-refractivity contribution in [1.82, 2.24) is 9.97 Å². The number of carbonyl (C=O) groups is 1. The van der Waals surface area contributed by atoms with Gasteiger partial charge in [-0.25, -0.2) is 9.78 Å². The molecular weight excluding hydrogens is 172 g/mol. The first-order chi connectivity index (χ1) is 3.80. The number of hydrogen-bond donors (Lipinski definition) is 2. The van der Waals surface area contributed by atoms with Gasteiger partial charge in [-0.3, -0.25) is 0 Å². The van der Waals surface area contributed by atoms with Crippen LogP contribution in [0.3, 0.4) is 0 Å². The smallest absolute Gasteiger partial charge is 0.356 e. The first kappa shape index (κ1) is 8.20. The minimum Gasteiger partial charge on any atom is -0.476 e. The van der Waals surface area contributed by atoms with E-state index in [4.69, 9.17) is 5.11 Å². The monoisotopic (exact) mass is 175 g/mol. The van der Waals surface area contributed by atoms with E-state index in [1.807, 2.05) is 0 Å². The molecule has 0 aliphatic heterocycles. The first-order valence-electron chi connectivity index (χ1n) is 2.03. The van der Waals surface area contributed by atoms with Gasteiger partial charge in [0.05, 0.1) is 6.33 Å². The van der Waals surface area contributed by atoms with Crippen LogP contribution in [0.1, 0.15) is 10.5 Å². The van der Waals surface area contributed by atoms with Gasteiger partial charge in [-0.05, 0) is 0 Å². The van der Waals surface area contributed by atoms with Gasteiger partial charge in [-0.1, -0.05) is 0 Å². The van der Waals surface area contributed by atoms with E-state index in [1.54, 1.807) is 0 Å². The van der Waals surface area contributed by atoms with Crippen molar-refractivity contribution < 1.29 is 27.0 Å². The summed E-state index contributed by atoms with van der Waals surface area (Å²) in [6.45, 7) is 0. The fraction of sp³-hybridized carbons (Fsp3) is 0. The number of carboxylic acids is 1. The number of H-pyrrole nitrogens is 1. The Morgan fingerprint density at radius 3 is 2.67 bits per heavy atom. The molecule has 5 heteroatoms. The summed E-state index contributed by atoms with van der Waals surface area (Å²) in [6.07, 6.45) is 2.64. The molecule has 1 heterocycles. The van der Waals surface area contributed by atoms with Crippen molar-refractivity contribution in [3.8, 4) is 0 Å². The predicted molar refractivity (Wildman–Crippen MR) is 25.5 cm³/mol. The van der Waals surface area contributed by atoms with Gasteiger partial charge >= 0.3 is 5.97 Å². The molecule has 1 aromatic heterocycles. The molecule has 53 valence electrons. The van der Waals surface area contributed by atoms with E-state index >= 15 is 0 Å². The second kappa shape index (κ2) is 3.27. The molecule has 1 radical (unpaired) electrons. The van der Waals surface area contributed by atoms with Crippen LogP contribution in [0, 0.1) is 0 Å². The standard InChI is InChI=1S/C4H4N2O2.Cu/c7-4(8)3-1-5-2-6-3;/h1-2H,(H,5,6)(H,7,8);. The van der Waals surface area contributed by atoms with Crippen LogP contribution in [0.4, 0.5) is 0 Å². The normalized spacial score (nSPS) is 8.00. The molecule has 9 heavy (non-hydrogen) atoms. The van der Waals surface area contributed by atoms with Crippen LogP contribution in [0.25, 0.3) is 0 Å². The van der Waals surface area contributed by atoms with Gasteiger partial charge in [0, 0.05) is 23.3 Å². The van der Waals surface area contributed by atoms with E-state index in [9.17, 15) is 4.79 Å². The number of nitrogens with zero attached hydrogens (tertiary/aromatic N) is 1. The summed E-state index contributed by atoms with van der Waals surface area (Å²) in [6, 6.07) is 0. The van der Waals surface area contributed by atoms with Gasteiger partial charge in [0.25, 0.3) is 0 Å². The summed E-state index contributed by atoms with van der Waals surface area (Å²) < 4.78 is 0. The van der Waals surface area contributed by atoms with Crippen molar-refractivity contribution in [2.45, 2.75) is 0 Å². The van der Waals surface area contributed by atoms with E-state index in [0.717, 1.165) is 0 Å². The molecule has 2 N–H and O–H groups in total. The van der Waals surface area contributed by atoms with Crippen molar-refractivity contribution in [3.05, 3.63) is 18.2 Å². The Balaban J connectivity index is 0.000000640. The number of nitrogens with one attached hydrogen (secondary N) is 1. The SMILES string of the molecule is O=C(O)c1c[nH]cn1.[Cu]. The Labute approximate surface area is 61.8 Å². The molecule has 0 unspecified atom stereocenters. The van der Waals surface area contributed by atoms with E-state index in [-0.39, 0.29) is 22.8 Å². The average molecular weight is 176 g/mol. The van der Waals surface area contributed by atoms with E-state index in [0.29, 0.717) is 0 Å². The molecule has 0 amide bonds. The first-order valence-corrected chi connectivity index (χ1v) is 2.03. The second-order valence-corrected chi connectivity index (χ2v) is 1.26. The van der Waals surface area contributed by atoms with Crippen molar-refractivity contribution in [2.75, 3.05) is 0 Å². The van der Waals surface area contributed by atoms with Crippen LogP contribution in [0.2, 0.25) is 0 Å². The van der Waals surface area contributed by atoms with E-state index < -0.39 is 5.97 Å². The molecule has 0 atom stereocenters. The number of aromatic nitrogens is 2. The molecule has 0 spiro atoms. The summed E-state index contributed by atoms with van der Waals surface area (Å²) in [5.41, 5.74) is 0.0463. The molecule has 1 rings (SSSR count). The molecule has 0 aromatic carbocycles. The predicted octanol–water partition coefficient (Wildman–Crippen LogP) is 0.105. The van der Waals surface area contributed by atoms with Crippen LogP contribution < -0.4 is 0 Å². The summed E-state index contributed by atoms with van der Waals surface area (Å²) in [5, 5.41) is 8.19. The Morgan fingerprint density at radius 1 is 1.78 bits per heavy atom. The quantitative estimate of drug-likeness (QED) is 0.596. The Kier molecular flexibility index (Phi) is 2.98. The fourth-order valence-electron chi connectivity index (χ4n) is 0.377. The van der Waals surface area contributed by atoms with E-state index in [2.05, 4.69) is 9.97 Å². The van der Waals surface area contributed by atoms with Crippen molar-refractivity contribution in [2.24, 2.45) is 0 Å². The zero-order chi connectivity index (χ0) is 5.98. The number of hydrogen-bond acceptors (Lipinski definition) is 2. The zero-order valence-electron chi connectivity index (χ0n) is 4.26. The Bertz CT molecular complexity index is 184. The summed E-state index contributed by atoms with van der Waals surface area (Å²) in [5.74, 6) is -1.01. The fourth-order valence-corrected chi connectivity index (χ4v) is 0.377. The third-order valence-corrected chi connectivity index (χ3v) is 0.717. The van der Waals surface area contributed by atoms with Crippen LogP contribution in [-0.2, 0) is 17.1 Å². The molecule has 1 aromatic rings.